The number of halogens is 1. The van der Waals surface area contributed by atoms with E-state index >= 15 is 0 Å². The first-order valence-electron chi connectivity index (χ1n) is 7.61. The highest BCUT2D eigenvalue weighted by Crippen LogP contribution is 2.50. The number of rotatable bonds is 6. The van der Waals surface area contributed by atoms with E-state index in [4.69, 9.17) is 22.1 Å². The van der Waals surface area contributed by atoms with Crippen molar-refractivity contribution in [3.8, 4) is 5.75 Å². The standard InChI is InChI=1S/C18H17ClN2O3/c19-16-4-2-1-3-13(16)14-9-15(14)18(23)21-11-5-7-12(8-6-11)24-10-17(20)22/h1-8,14-15H,9-10H2,(H2,20,22)(H,21,23). The van der Waals surface area contributed by atoms with Gasteiger partial charge in [-0.1, -0.05) is 29.8 Å². The number of ether oxygens (including phenoxy) is 1. The van der Waals surface area contributed by atoms with Crippen LogP contribution in [-0.2, 0) is 9.59 Å². The van der Waals surface area contributed by atoms with Crippen LogP contribution >= 0.6 is 11.6 Å². The van der Waals surface area contributed by atoms with Gasteiger partial charge in [0.05, 0.1) is 0 Å². The minimum atomic E-state index is -0.535. The lowest BCUT2D eigenvalue weighted by molar-refractivity contribution is -0.120. The highest BCUT2D eigenvalue weighted by atomic mass is 35.5. The third-order valence-corrected chi connectivity index (χ3v) is 4.28. The molecule has 0 bridgehead atoms. The summed E-state index contributed by atoms with van der Waals surface area (Å²) in [6, 6.07) is 14.4. The Kier molecular flexibility index (Phi) is 4.71. The SMILES string of the molecule is NC(=O)COc1ccc(NC(=O)C2CC2c2ccccc2Cl)cc1. The van der Waals surface area contributed by atoms with Gasteiger partial charge >= 0.3 is 0 Å². The first-order chi connectivity index (χ1) is 11.5. The molecule has 124 valence electrons. The fourth-order valence-corrected chi connectivity index (χ4v) is 2.90. The van der Waals surface area contributed by atoms with Crippen molar-refractivity contribution < 1.29 is 14.3 Å². The average molecular weight is 345 g/mol. The minimum Gasteiger partial charge on any atom is -0.484 e. The predicted molar refractivity (Wildman–Crippen MR) is 92.1 cm³/mol. The molecule has 0 spiro atoms. The number of benzene rings is 2. The molecule has 0 radical (unpaired) electrons. The molecule has 2 aromatic carbocycles. The second kappa shape index (κ2) is 6.93. The van der Waals surface area contributed by atoms with E-state index in [2.05, 4.69) is 5.32 Å². The van der Waals surface area contributed by atoms with Crippen molar-refractivity contribution in [1.29, 1.82) is 0 Å². The fourth-order valence-electron chi connectivity index (χ4n) is 2.63. The molecule has 2 amide bonds. The maximum absolute atomic E-state index is 12.3. The monoisotopic (exact) mass is 344 g/mol. The molecular formula is C18H17ClN2O3. The Labute approximate surface area is 144 Å². The van der Waals surface area contributed by atoms with E-state index in [-0.39, 0.29) is 24.3 Å². The molecule has 0 saturated heterocycles. The Hall–Kier alpha value is -2.53. The molecule has 2 unspecified atom stereocenters. The second-order valence-corrected chi connectivity index (χ2v) is 6.15. The van der Waals surface area contributed by atoms with Crippen molar-refractivity contribution in [3.63, 3.8) is 0 Å². The summed E-state index contributed by atoms with van der Waals surface area (Å²) >= 11 is 6.18. The molecule has 1 aliphatic rings. The number of carbonyl (C=O) groups is 2. The lowest BCUT2D eigenvalue weighted by atomic mass is 10.1. The average Bonchev–Trinajstić information content (AvgIpc) is 3.35. The van der Waals surface area contributed by atoms with Crippen LogP contribution in [0.3, 0.4) is 0 Å². The van der Waals surface area contributed by atoms with Crippen LogP contribution in [0.2, 0.25) is 5.02 Å². The highest BCUT2D eigenvalue weighted by Gasteiger charge is 2.44. The molecule has 3 N–H and O–H groups in total. The first-order valence-corrected chi connectivity index (χ1v) is 7.99. The molecule has 2 atom stereocenters. The van der Waals surface area contributed by atoms with Gasteiger partial charge in [-0.15, -0.1) is 0 Å². The molecule has 1 aliphatic carbocycles. The van der Waals surface area contributed by atoms with Gasteiger partial charge < -0.3 is 15.8 Å². The Morgan fingerprint density at radius 3 is 2.54 bits per heavy atom. The Morgan fingerprint density at radius 1 is 1.17 bits per heavy atom. The van der Waals surface area contributed by atoms with Crippen LogP contribution in [0.25, 0.3) is 0 Å². The number of nitrogens with one attached hydrogen (secondary N) is 1. The number of hydrogen-bond acceptors (Lipinski definition) is 3. The van der Waals surface area contributed by atoms with Crippen molar-refractivity contribution >= 4 is 29.1 Å². The first kappa shape index (κ1) is 16.3. The van der Waals surface area contributed by atoms with Crippen LogP contribution < -0.4 is 15.8 Å². The van der Waals surface area contributed by atoms with Crippen molar-refractivity contribution in [2.24, 2.45) is 11.7 Å². The molecular weight excluding hydrogens is 328 g/mol. The van der Waals surface area contributed by atoms with E-state index in [1.54, 1.807) is 24.3 Å². The topological polar surface area (TPSA) is 81.4 Å². The number of amides is 2. The molecule has 2 aromatic rings. The number of hydrogen-bond donors (Lipinski definition) is 2. The molecule has 1 saturated carbocycles. The highest BCUT2D eigenvalue weighted by molar-refractivity contribution is 6.31. The van der Waals surface area contributed by atoms with Crippen LogP contribution in [0.4, 0.5) is 5.69 Å². The van der Waals surface area contributed by atoms with E-state index in [0.29, 0.717) is 16.5 Å². The number of anilines is 1. The van der Waals surface area contributed by atoms with Crippen LogP contribution in [0.1, 0.15) is 17.9 Å². The number of nitrogens with two attached hydrogens (primary N) is 1. The summed E-state index contributed by atoms with van der Waals surface area (Å²) in [4.78, 5) is 23.0. The van der Waals surface area contributed by atoms with Gasteiger partial charge in [0.15, 0.2) is 6.61 Å². The number of primary amides is 1. The lowest BCUT2D eigenvalue weighted by Gasteiger charge is -2.08. The third-order valence-electron chi connectivity index (χ3n) is 3.93. The molecule has 0 aliphatic heterocycles. The fraction of sp³-hybridized carbons (Fsp3) is 0.222. The molecule has 1 fully saturated rings. The van der Waals surface area contributed by atoms with E-state index in [1.807, 2.05) is 24.3 Å². The summed E-state index contributed by atoms with van der Waals surface area (Å²) in [7, 11) is 0. The van der Waals surface area contributed by atoms with E-state index in [0.717, 1.165) is 12.0 Å². The van der Waals surface area contributed by atoms with E-state index in [1.165, 1.54) is 0 Å². The Balaban J connectivity index is 1.56. The van der Waals surface area contributed by atoms with Crippen LogP contribution in [-0.4, -0.2) is 18.4 Å². The minimum absolute atomic E-state index is 0.0225. The van der Waals surface area contributed by atoms with Gasteiger partial charge in [-0.05, 0) is 48.2 Å². The van der Waals surface area contributed by atoms with Gasteiger partial charge in [0.1, 0.15) is 5.75 Å². The van der Waals surface area contributed by atoms with Crippen LogP contribution in [0, 0.1) is 5.92 Å². The molecule has 0 heterocycles. The molecule has 5 nitrogen and oxygen atoms in total. The molecule has 6 heteroatoms. The number of carbonyl (C=O) groups excluding carboxylic acids is 2. The van der Waals surface area contributed by atoms with Crippen LogP contribution in [0.5, 0.6) is 5.75 Å². The third kappa shape index (κ3) is 3.86. The van der Waals surface area contributed by atoms with Crippen molar-refractivity contribution in [3.05, 3.63) is 59.1 Å². The molecule has 3 rings (SSSR count). The largest absolute Gasteiger partial charge is 0.484 e. The molecule has 24 heavy (non-hydrogen) atoms. The maximum atomic E-state index is 12.3. The molecule has 0 aromatic heterocycles. The van der Waals surface area contributed by atoms with Gasteiger partial charge in [-0.25, -0.2) is 0 Å². The zero-order valence-electron chi connectivity index (χ0n) is 12.9. The normalized spacial score (nSPS) is 18.7. The van der Waals surface area contributed by atoms with Crippen molar-refractivity contribution in [1.82, 2.24) is 0 Å². The Morgan fingerprint density at radius 2 is 1.88 bits per heavy atom. The van der Waals surface area contributed by atoms with Crippen LogP contribution in [0.15, 0.2) is 48.5 Å². The van der Waals surface area contributed by atoms with Gasteiger partial charge in [0, 0.05) is 16.6 Å². The maximum Gasteiger partial charge on any atom is 0.255 e. The lowest BCUT2D eigenvalue weighted by Crippen LogP contribution is -2.20. The van der Waals surface area contributed by atoms with E-state index < -0.39 is 5.91 Å². The van der Waals surface area contributed by atoms with Gasteiger partial charge in [0.2, 0.25) is 5.91 Å². The summed E-state index contributed by atoms with van der Waals surface area (Å²) in [6.07, 6.45) is 0.801. The predicted octanol–water partition coefficient (Wildman–Crippen LogP) is 2.95. The van der Waals surface area contributed by atoms with Gasteiger partial charge in [-0.3, -0.25) is 9.59 Å². The summed E-state index contributed by atoms with van der Waals surface area (Å²) in [5.74, 6) is 0.0807. The summed E-state index contributed by atoms with van der Waals surface area (Å²) in [6.45, 7) is -0.173. The quantitative estimate of drug-likeness (QED) is 0.845. The summed E-state index contributed by atoms with van der Waals surface area (Å²) in [5.41, 5.74) is 6.72. The van der Waals surface area contributed by atoms with Gasteiger partial charge in [0.25, 0.3) is 5.91 Å². The summed E-state index contributed by atoms with van der Waals surface area (Å²) in [5, 5.41) is 3.59. The zero-order valence-corrected chi connectivity index (χ0v) is 13.6. The van der Waals surface area contributed by atoms with Crippen molar-refractivity contribution in [2.75, 3.05) is 11.9 Å². The summed E-state index contributed by atoms with van der Waals surface area (Å²) < 4.78 is 5.17. The smallest absolute Gasteiger partial charge is 0.255 e. The van der Waals surface area contributed by atoms with Gasteiger partial charge in [-0.2, -0.15) is 0 Å². The zero-order chi connectivity index (χ0) is 17.1. The van der Waals surface area contributed by atoms with Crippen molar-refractivity contribution in [2.45, 2.75) is 12.3 Å². The Bertz CT molecular complexity index is 761. The second-order valence-electron chi connectivity index (χ2n) is 5.74. The van der Waals surface area contributed by atoms with E-state index in [9.17, 15) is 9.59 Å².